The Morgan fingerprint density at radius 2 is 2.07 bits per heavy atom. The van der Waals surface area contributed by atoms with Crippen LogP contribution >= 0.6 is 11.6 Å². The van der Waals surface area contributed by atoms with Crippen molar-refractivity contribution in [1.29, 1.82) is 0 Å². The minimum Gasteiger partial charge on any atom is -0.483 e. The van der Waals surface area contributed by atoms with Gasteiger partial charge in [0, 0.05) is 17.5 Å². The largest absolute Gasteiger partial charge is 0.483 e. The van der Waals surface area contributed by atoms with Crippen LogP contribution < -0.4 is 10.6 Å². The highest BCUT2D eigenvalue weighted by atomic mass is 35.5. The van der Waals surface area contributed by atoms with E-state index in [0.29, 0.717) is 24.4 Å². The fourth-order valence-corrected chi connectivity index (χ4v) is 4.31. The Morgan fingerprint density at radius 1 is 1.23 bits per heavy atom. The van der Waals surface area contributed by atoms with E-state index in [2.05, 4.69) is 16.7 Å². The van der Waals surface area contributed by atoms with E-state index < -0.39 is 0 Å². The third kappa shape index (κ3) is 4.68. The average molecular weight is 425 g/mol. The lowest BCUT2D eigenvalue weighted by Crippen LogP contribution is -2.54. The summed E-state index contributed by atoms with van der Waals surface area (Å²) in [4.78, 5) is 25.2. The Labute approximate surface area is 181 Å². The van der Waals surface area contributed by atoms with Crippen LogP contribution in [-0.4, -0.2) is 24.0 Å². The molecule has 2 aromatic carbocycles. The van der Waals surface area contributed by atoms with Gasteiger partial charge in [-0.1, -0.05) is 59.6 Å². The van der Waals surface area contributed by atoms with Crippen LogP contribution in [0.1, 0.15) is 36.0 Å². The first-order valence-corrected chi connectivity index (χ1v) is 10.6. The zero-order valence-corrected chi connectivity index (χ0v) is 17.6. The molecule has 2 aliphatic rings. The minimum absolute atomic E-state index is 0.0293. The first-order valence-electron chi connectivity index (χ1n) is 10.3. The van der Waals surface area contributed by atoms with Gasteiger partial charge in [0.25, 0.3) is 5.91 Å². The number of aryl methyl sites for hydroxylation is 1. The van der Waals surface area contributed by atoms with E-state index in [4.69, 9.17) is 16.3 Å². The van der Waals surface area contributed by atoms with Gasteiger partial charge in [-0.15, -0.1) is 0 Å². The number of benzene rings is 2. The molecule has 1 heterocycles. The highest BCUT2D eigenvalue weighted by Gasteiger charge is 2.40. The smallest absolute Gasteiger partial charge is 0.286 e. The molecular formula is C24H25ClN2O3. The first kappa shape index (κ1) is 20.5. The van der Waals surface area contributed by atoms with Crippen LogP contribution in [-0.2, 0) is 20.9 Å². The molecule has 30 heavy (non-hydrogen) atoms. The first-order chi connectivity index (χ1) is 14.5. The number of ether oxygens (including phenoxy) is 1. The topological polar surface area (TPSA) is 67.4 Å². The molecule has 3 atom stereocenters. The van der Waals surface area contributed by atoms with E-state index in [1.165, 1.54) is 5.56 Å². The molecule has 1 aliphatic heterocycles. The molecule has 6 heteroatoms. The summed E-state index contributed by atoms with van der Waals surface area (Å²) in [7, 11) is 0. The molecule has 0 aromatic heterocycles. The molecule has 1 aliphatic carbocycles. The highest BCUT2D eigenvalue weighted by Crippen LogP contribution is 2.32. The van der Waals surface area contributed by atoms with Crippen molar-refractivity contribution in [3.05, 3.63) is 76.0 Å². The van der Waals surface area contributed by atoms with Crippen LogP contribution in [0.25, 0.3) is 6.08 Å². The summed E-state index contributed by atoms with van der Waals surface area (Å²) in [5.74, 6) is -0.0978. The summed E-state index contributed by atoms with van der Waals surface area (Å²) < 4.78 is 5.99. The summed E-state index contributed by atoms with van der Waals surface area (Å²) in [6.07, 6.45) is 3.57. The van der Waals surface area contributed by atoms with E-state index in [-0.39, 0.29) is 35.6 Å². The Kier molecular flexibility index (Phi) is 6.09. The Morgan fingerprint density at radius 3 is 2.87 bits per heavy atom. The quantitative estimate of drug-likeness (QED) is 0.729. The highest BCUT2D eigenvalue weighted by molar-refractivity contribution is 6.32. The predicted molar refractivity (Wildman–Crippen MR) is 117 cm³/mol. The molecule has 1 saturated heterocycles. The van der Waals surface area contributed by atoms with Gasteiger partial charge in [0.15, 0.2) is 5.76 Å². The van der Waals surface area contributed by atoms with Crippen LogP contribution in [0.3, 0.4) is 0 Å². The zero-order valence-electron chi connectivity index (χ0n) is 16.9. The van der Waals surface area contributed by atoms with Gasteiger partial charge in [-0.25, -0.2) is 0 Å². The van der Waals surface area contributed by atoms with Crippen LogP contribution in [0.15, 0.2) is 54.3 Å². The van der Waals surface area contributed by atoms with Crippen molar-refractivity contribution in [2.45, 2.75) is 44.9 Å². The van der Waals surface area contributed by atoms with Gasteiger partial charge < -0.3 is 15.4 Å². The van der Waals surface area contributed by atoms with Crippen LogP contribution in [0, 0.1) is 12.8 Å². The fourth-order valence-electron chi connectivity index (χ4n) is 4.12. The molecule has 156 valence electrons. The number of carbonyl (C=O) groups is 2. The van der Waals surface area contributed by atoms with E-state index in [0.717, 1.165) is 17.5 Å². The molecule has 2 N–H and O–H groups in total. The lowest BCUT2D eigenvalue weighted by molar-refractivity contribution is -0.134. The summed E-state index contributed by atoms with van der Waals surface area (Å²) in [5.41, 5.74) is 3.00. The maximum Gasteiger partial charge on any atom is 0.286 e. The van der Waals surface area contributed by atoms with Gasteiger partial charge in [0.05, 0.1) is 6.04 Å². The van der Waals surface area contributed by atoms with Crippen molar-refractivity contribution in [3.8, 4) is 0 Å². The van der Waals surface area contributed by atoms with E-state index in [1.54, 1.807) is 12.1 Å². The van der Waals surface area contributed by atoms with E-state index in [9.17, 15) is 9.59 Å². The lowest BCUT2D eigenvalue weighted by atomic mass is 9.82. The number of carbonyl (C=O) groups excluding carboxylic acids is 2. The Bertz CT molecular complexity index is 988. The van der Waals surface area contributed by atoms with Gasteiger partial charge >= 0.3 is 0 Å². The van der Waals surface area contributed by atoms with Crippen molar-refractivity contribution in [3.63, 3.8) is 0 Å². The van der Waals surface area contributed by atoms with Gasteiger partial charge in [-0.3, -0.25) is 9.59 Å². The molecule has 5 nitrogen and oxygen atoms in total. The van der Waals surface area contributed by atoms with Crippen molar-refractivity contribution < 1.29 is 14.3 Å². The number of hydrogen-bond acceptors (Lipinski definition) is 3. The average Bonchev–Trinajstić information content (AvgIpc) is 2.74. The second kappa shape index (κ2) is 8.92. The minimum atomic E-state index is -0.267. The summed E-state index contributed by atoms with van der Waals surface area (Å²) in [5, 5.41) is 6.62. The number of amides is 2. The van der Waals surface area contributed by atoms with Crippen molar-refractivity contribution in [1.82, 2.24) is 10.6 Å². The van der Waals surface area contributed by atoms with Gasteiger partial charge in [0.2, 0.25) is 5.91 Å². The van der Waals surface area contributed by atoms with Crippen LogP contribution in [0.5, 0.6) is 0 Å². The lowest BCUT2D eigenvalue weighted by Gasteiger charge is -2.39. The Balaban J connectivity index is 1.36. The number of rotatable bonds is 4. The predicted octanol–water partition coefficient (Wildman–Crippen LogP) is 3.99. The molecule has 1 saturated carbocycles. The van der Waals surface area contributed by atoms with Gasteiger partial charge in [-0.2, -0.15) is 0 Å². The number of halogens is 1. The molecule has 2 aromatic rings. The summed E-state index contributed by atoms with van der Waals surface area (Å²) in [6, 6.07) is 15.3. The summed E-state index contributed by atoms with van der Waals surface area (Å²) >= 11 is 6.19. The fraction of sp³-hybridized carbons (Fsp3) is 0.333. The molecule has 0 spiro atoms. The second-order valence-electron chi connectivity index (χ2n) is 7.98. The number of morpholine rings is 1. The molecule has 2 amide bonds. The van der Waals surface area contributed by atoms with Crippen molar-refractivity contribution in [2.75, 3.05) is 0 Å². The molecule has 2 fully saturated rings. The van der Waals surface area contributed by atoms with E-state index >= 15 is 0 Å². The maximum absolute atomic E-state index is 12.7. The molecule has 3 unspecified atom stereocenters. The van der Waals surface area contributed by atoms with Crippen LogP contribution in [0.2, 0.25) is 5.02 Å². The molecular weight excluding hydrogens is 400 g/mol. The van der Waals surface area contributed by atoms with Crippen LogP contribution in [0.4, 0.5) is 0 Å². The zero-order chi connectivity index (χ0) is 21.1. The van der Waals surface area contributed by atoms with Gasteiger partial charge in [-0.05, 0) is 49.5 Å². The number of hydrogen-bond donors (Lipinski definition) is 2. The van der Waals surface area contributed by atoms with Crippen molar-refractivity contribution >= 4 is 29.5 Å². The second-order valence-corrected chi connectivity index (χ2v) is 8.39. The Hall–Kier alpha value is -2.79. The number of nitrogens with one attached hydrogen (secondary N) is 2. The molecule has 0 radical (unpaired) electrons. The van der Waals surface area contributed by atoms with E-state index in [1.807, 2.05) is 43.3 Å². The molecule has 0 bridgehead atoms. The standard InChI is InChI=1S/C24H25ClN2O3/c1-15-5-4-6-16(11-15)14-26-23(28)18-9-10-21-20(12-18)27-24(29)22(30-21)13-17-7-2-3-8-19(17)25/h2-8,11,13,18,20-21H,9-10,12,14H2,1H3,(H,26,28)(H,27,29)/b22-13-. The monoisotopic (exact) mass is 424 g/mol. The maximum atomic E-state index is 12.7. The molecule has 4 rings (SSSR count). The number of fused-ring (bicyclic) bond motifs is 1. The van der Waals surface area contributed by atoms with Crippen molar-refractivity contribution in [2.24, 2.45) is 5.92 Å². The third-order valence-electron chi connectivity index (χ3n) is 5.72. The normalized spacial score (nSPS) is 24.5. The van der Waals surface area contributed by atoms with Gasteiger partial charge in [0.1, 0.15) is 6.10 Å². The SMILES string of the molecule is Cc1cccc(CNC(=O)C2CCC3O/C(=C\c4ccccc4Cl)C(=O)NC3C2)c1. The summed E-state index contributed by atoms with van der Waals surface area (Å²) in [6.45, 7) is 2.55. The third-order valence-corrected chi connectivity index (χ3v) is 6.06.